The molecule has 0 radical (unpaired) electrons. The summed E-state index contributed by atoms with van der Waals surface area (Å²) in [6, 6.07) is 0. The zero-order valence-corrected chi connectivity index (χ0v) is 8.10. The van der Waals surface area contributed by atoms with Crippen molar-refractivity contribution < 1.29 is 19.4 Å². The molecule has 0 aliphatic carbocycles. The number of dihydropyridines is 1. The molecular formula is C9H12N2O4. The van der Waals surface area contributed by atoms with Gasteiger partial charge in [-0.15, -0.1) is 0 Å². The number of ether oxygens (including phenoxy) is 1. The molecule has 6 heteroatoms. The van der Waals surface area contributed by atoms with Crippen molar-refractivity contribution in [1.82, 2.24) is 5.32 Å². The van der Waals surface area contributed by atoms with E-state index in [1.807, 2.05) is 6.08 Å². The predicted octanol–water partition coefficient (Wildman–Crippen LogP) is 0.198. The number of amides is 1. The molecule has 0 fully saturated rings. The van der Waals surface area contributed by atoms with Crippen molar-refractivity contribution in [2.75, 3.05) is 19.7 Å². The molecule has 0 atom stereocenters. The van der Waals surface area contributed by atoms with Gasteiger partial charge in [0.25, 0.3) is 0 Å². The monoisotopic (exact) mass is 212 g/mol. The summed E-state index contributed by atoms with van der Waals surface area (Å²) < 4.78 is 4.74. The first-order chi connectivity index (χ1) is 7.18. The lowest BCUT2D eigenvalue weighted by molar-refractivity contribution is -0.135. The Morgan fingerprint density at radius 2 is 2.40 bits per heavy atom. The molecule has 0 saturated heterocycles. The minimum absolute atomic E-state index is 0.0714. The van der Waals surface area contributed by atoms with Crippen LogP contribution in [-0.2, 0) is 9.53 Å². The number of carboxylic acid groups (broad SMARTS) is 1. The second-order valence-corrected chi connectivity index (χ2v) is 2.89. The molecule has 0 unspecified atom stereocenters. The third kappa shape index (κ3) is 4.80. The fourth-order valence-electron chi connectivity index (χ4n) is 0.987. The van der Waals surface area contributed by atoms with Gasteiger partial charge in [-0.2, -0.15) is 0 Å². The summed E-state index contributed by atoms with van der Waals surface area (Å²) in [6.45, 7) is 0.328. The fourth-order valence-corrected chi connectivity index (χ4v) is 0.987. The maximum Gasteiger partial charge on any atom is 0.408 e. The van der Waals surface area contributed by atoms with Crippen molar-refractivity contribution >= 4 is 17.8 Å². The van der Waals surface area contributed by atoms with Crippen LogP contribution in [0.15, 0.2) is 17.1 Å². The average Bonchev–Trinajstić information content (AvgIpc) is 2.25. The number of aliphatic carboxylic acids is 1. The lowest BCUT2D eigenvalue weighted by Crippen LogP contribution is -2.31. The van der Waals surface area contributed by atoms with E-state index in [4.69, 9.17) is 9.84 Å². The number of carbonyl (C=O) groups is 2. The first-order valence-electron chi connectivity index (χ1n) is 4.51. The van der Waals surface area contributed by atoms with Gasteiger partial charge >= 0.3 is 12.1 Å². The van der Waals surface area contributed by atoms with E-state index in [1.54, 1.807) is 6.08 Å². The summed E-state index contributed by atoms with van der Waals surface area (Å²) in [6.07, 6.45) is 3.88. The van der Waals surface area contributed by atoms with Gasteiger partial charge in [0.15, 0.2) is 0 Å². The molecule has 0 bridgehead atoms. The third-order valence-electron chi connectivity index (χ3n) is 1.66. The summed E-state index contributed by atoms with van der Waals surface area (Å²) >= 11 is 0. The number of carboxylic acids is 1. The number of hydrogen-bond donors (Lipinski definition) is 2. The largest absolute Gasteiger partial charge is 0.480 e. The Balaban J connectivity index is 2.19. The molecule has 1 aliphatic rings. The van der Waals surface area contributed by atoms with Crippen LogP contribution in [0.1, 0.15) is 6.42 Å². The van der Waals surface area contributed by atoms with Crippen molar-refractivity contribution in [2.45, 2.75) is 6.42 Å². The molecule has 0 aromatic heterocycles. The van der Waals surface area contributed by atoms with Crippen LogP contribution < -0.4 is 5.32 Å². The summed E-state index contributed by atoms with van der Waals surface area (Å²) in [7, 11) is 0. The second-order valence-electron chi connectivity index (χ2n) is 2.89. The van der Waals surface area contributed by atoms with Crippen molar-refractivity contribution in [3.05, 3.63) is 12.2 Å². The van der Waals surface area contributed by atoms with Crippen LogP contribution in [0, 0.1) is 0 Å². The van der Waals surface area contributed by atoms with E-state index < -0.39 is 18.6 Å². The van der Waals surface area contributed by atoms with Crippen molar-refractivity contribution in [3.8, 4) is 0 Å². The van der Waals surface area contributed by atoms with E-state index in [2.05, 4.69) is 10.3 Å². The van der Waals surface area contributed by atoms with Crippen LogP contribution in [0.4, 0.5) is 4.79 Å². The van der Waals surface area contributed by atoms with Gasteiger partial charge in [-0.3, -0.25) is 9.79 Å². The van der Waals surface area contributed by atoms with Gasteiger partial charge in [0, 0.05) is 6.54 Å². The third-order valence-corrected chi connectivity index (χ3v) is 1.66. The van der Waals surface area contributed by atoms with E-state index in [-0.39, 0.29) is 6.61 Å². The molecule has 1 rings (SSSR count). The van der Waals surface area contributed by atoms with Gasteiger partial charge in [-0.25, -0.2) is 4.79 Å². The Labute approximate surface area is 86.6 Å². The Bertz CT molecular complexity index is 309. The minimum Gasteiger partial charge on any atom is -0.480 e. The van der Waals surface area contributed by atoms with Crippen LogP contribution in [0.25, 0.3) is 0 Å². The number of nitrogens with zero attached hydrogens (tertiary/aromatic N) is 1. The number of rotatable bonds is 4. The molecule has 0 aromatic carbocycles. The molecule has 0 aromatic rings. The standard InChI is InChI=1S/C9H12N2O4/c12-8(13)5-11-9(14)15-6-7-3-1-2-4-10-7/h1,3H,2,4-6H2,(H,11,14)(H,12,13). The molecule has 82 valence electrons. The fraction of sp³-hybridized carbons (Fsp3) is 0.444. The molecule has 1 aliphatic heterocycles. The first-order valence-corrected chi connectivity index (χ1v) is 4.51. The lowest BCUT2D eigenvalue weighted by atomic mass is 10.2. The molecule has 2 N–H and O–H groups in total. The maximum atomic E-state index is 10.9. The highest BCUT2D eigenvalue weighted by Crippen LogP contribution is 1.96. The quantitative estimate of drug-likeness (QED) is 0.696. The van der Waals surface area contributed by atoms with Crippen molar-refractivity contribution in [3.63, 3.8) is 0 Å². The second kappa shape index (κ2) is 5.79. The molecule has 0 spiro atoms. The van der Waals surface area contributed by atoms with Crippen LogP contribution in [0.2, 0.25) is 0 Å². The Morgan fingerprint density at radius 1 is 1.60 bits per heavy atom. The van der Waals surface area contributed by atoms with Crippen molar-refractivity contribution in [1.29, 1.82) is 0 Å². The van der Waals surface area contributed by atoms with Gasteiger partial charge in [0.1, 0.15) is 13.2 Å². The highest BCUT2D eigenvalue weighted by Gasteiger charge is 2.06. The van der Waals surface area contributed by atoms with Crippen LogP contribution in [0.3, 0.4) is 0 Å². The summed E-state index contributed by atoms with van der Waals surface area (Å²) in [5.41, 5.74) is 0.687. The van der Waals surface area contributed by atoms with Gasteiger partial charge in [-0.05, 0) is 12.5 Å². The summed E-state index contributed by atoms with van der Waals surface area (Å²) in [5, 5.41) is 10.4. The Morgan fingerprint density at radius 3 is 3.00 bits per heavy atom. The average molecular weight is 212 g/mol. The van der Waals surface area contributed by atoms with E-state index in [0.717, 1.165) is 6.42 Å². The maximum absolute atomic E-state index is 10.9. The molecule has 0 saturated carbocycles. The topological polar surface area (TPSA) is 88.0 Å². The molecular weight excluding hydrogens is 200 g/mol. The number of carbonyl (C=O) groups excluding carboxylic acids is 1. The number of nitrogens with one attached hydrogen (secondary N) is 1. The Kier molecular flexibility index (Phi) is 4.33. The van der Waals surface area contributed by atoms with Crippen LogP contribution in [0.5, 0.6) is 0 Å². The number of hydrogen-bond acceptors (Lipinski definition) is 4. The predicted molar refractivity (Wildman–Crippen MR) is 53.0 cm³/mol. The SMILES string of the molecule is O=C(O)CNC(=O)OCC1=NCCC=C1. The number of aliphatic imine (C=N–C) groups is 1. The first kappa shape index (κ1) is 11.2. The van der Waals surface area contributed by atoms with Gasteiger partial charge in [0.05, 0.1) is 5.71 Å². The van der Waals surface area contributed by atoms with Crippen LogP contribution >= 0.6 is 0 Å². The lowest BCUT2D eigenvalue weighted by Gasteiger charge is -2.07. The normalized spacial score (nSPS) is 14.3. The van der Waals surface area contributed by atoms with Crippen molar-refractivity contribution in [2.24, 2.45) is 4.99 Å². The molecule has 6 nitrogen and oxygen atoms in total. The van der Waals surface area contributed by atoms with E-state index >= 15 is 0 Å². The summed E-state index contributed by atoms with van der Waals surface area (Å²) in [4.78, 5) is 25.1. The van der Waals surface area contributed by atoms with Crippen LogP contribution in [-0.4, -0.2) is 42.6 Å². The zero-order chi connectivity index (χ0) is 11.1. The van der Waals surface area contributed by atoms with Gasteiger partial charge in [0.2, 0.25) is 0 Å². The van der Waals surface area contributed by atoms with E-state index in [9.17, 15) is 9.59 Å². The zero-order valence-electron chi connectivity index (χ0n) is 8.10. The van der Waals surface area contributed by atoms with Gasteiger partial charge in [-0.1, -0.05) is 6.08 Å². The van der Waals surface area contributed by atoms with E-state index in [1.165, 1.54) is 0 Å². The number of alkyl carbamates (subject to hydrolysis) is 1. The smallest absolute Gasteiger partial charge is 0.408 e. The molecule has 15 heavy (non-hydrogen) atoms. The molecule has 1 heterocycles. The van der Waals surface area contributed by atoms with Gasteiger partial charge < -0.3 is 15.2 Å². The highest BCUT2D eigenvalue weighted by atomic mass is 16.5. The Hall–Kier alpha value is -1.85. The minimum atomic E-state index is -1.11. The molecule has 1 amide bonds. The highest BCUT2D eigenvalue weighted by molar-refractivity contribution is 5.97. The summed E-state index contributed by atoms with van der Waals surface area (Å²) in [5.74, 6) is -1.11. The van der Waals surface area contributed by atoms with E-state index in [0.29, 0.717) is 12.3 Å².